The molecule has 3 nitrogen and oxygen atoms in total. The predicted molar refractivity (Wildman–Crippen MR) is 59.2 cm³/mol. The van der Waals surface area contributed by atoms with E-state index in [4.69, 9.17) is 5.26 Å². The Morgan fingerprint density at radius 3 is 2.86 bits per heavy atom. The van der Waals surface area contributed by atoms with Crippen LogP contribution in [0, 0.1) is 11.3 Å². The van der Waals surface area contributed by atoms with E-state index in [0.717, 1.165) is 3.79 Å². The minimum Gasteiger partial charge on any atom is -0.326 e. The summed E-state index contributed by atoms with van der Waals surface area (Å²) < 4.78 is 0.916. The number of thiophene rings is 1. The van der Waals surface area contributed by atoms with E-state index in [-0.39, 0.29) is 5.91 Å². The Hall–Kier alpha value is -0.860. The van der Waals surface area contributed by atoms with Crippen molar-refractivity contribution in [3.05, 3.63) is 20.8 Å². The monoisotopic (exact) mass is 272 g/mol. The second-order valence-corrected chi connectivity index (χ2v) is 5.15. The molecule has 5 heteroatoms. The number of hydrogen-bond donors (Lipinski definition) is 0. The van der Waals surface area contributed by atoms with E-state index in [1.54, 1.807) is 25.4 Å². The smallest absolute Gasteiger partial charge is 0.255 e. The summed E-state index contributed by atoms with van der Waals surface area (Å²) in [6.45, 7) is 1.69. The van der Waals surface area contributed by atoms with Crippen LogP contribution in [0.15, 0.2) is 15.2 Å². The van der Waals surface area contributed by atoms with Crippen LogP contribution in [0.4, 0.5) is 0 Å². The maximum absolute atomic E-state index is 11.7. The van der Waals surface area contributed by atoms with Gasteiger partial charge in [0, 0.05) is 12.4 Å². The molecule has 0 aromatic carbocycles. The Morgan fingerprint density at radius 1 is 1.79 bits per heavy atom. The quantitative estimate of drug-likeness (QED) is 0.831. The molecular weight excluding hydrogens is 264 g/mol. The molecule has 0 saturated heterocycles. The molecule has 0 radical (unpaired) electrons. The van der Waals surface area contributed by atoms with Gasteiger partial charge in [0.1, 0.15) is 6.04 Å². The summed E-state index contributed by atoms with van der Waals surface area (Å²) in [7, 11) is 1.63. The van der Waals surface area contributed by atoms with Gasteiger partial charge in [-0.2, -0.15) is 5.26 Å². The summed E-state index contributed by atoms with van der Waals surface area (Å²) in [6.07, 6.45) is 0. The fourth-order valence-corrected chi connectivity index (χ4v) is 2.02. The summed E-state index contributed by atoms with van der Waals surface area (Å²) in [6, 6.07) is 3.37. The fraction of sp³-hybridized carbons (Fsp3) is 0.333. The topological polar surface area (TPSA) is 44.1 Å². The van der Waals surface area contributed by atoms with Gasteiger partial charge in [0.2, 0.25) is 0 Å². The molecule has 0 spiro atoms. The molecular formula is C9H9BrN2OS. The fourth-order valence-electron chi connectivity index (χ4n) is 0.888. The Labute approximate surface area is 95.1 Å². The van der Waals surface area contributed by atoms with Crippen LogP contribution in [-0.2, 0) is 0 Å². The van der Waals surface area contributed by atoms with Crippen molar-refractivity contribution in [1.82, 2.24) is 4.90 Å². The van der Waals surface area contributed by atoms with Gasteiger partial charge in [-0.05, 0) is 28.9 Å². The van der Waals surface area contributed by atoms with E-state index in [2.05, 4.69) is 15.9 Å². The third-order valence-electron chi connectivity index (χ3n) is 1.90. The van der Waals surface area contributed by atoms with Crippen molar-refractivity contribution in [2.75, 3.05) is 7.05 Å². The highest BCUT2D eigenvalue weighted by atomic mass is 79.9. The molecule has 74 valence electrons. The molecule has 1 aromatic heterocycles. The minimum atomic E-state index is -0.402. The Kier molecular flexibility index (Phi) is 3.67. The molecule has 1 atom stereocenters. The molecule has 1 amide bonds. The molecule has 1 heterocycles. The van der Waals surface area contributed by atoms with Crippen molar-refractivity contribution in [2.24, 2.45) is 0 Å². The zero-order valence-electron chi connectivity index (χ0n) is 7.82. The van der Waals surface area contributed by atoms with Crippen molar-refractivity contribution >= 4 is 33.2 Å². The van der Waals surface area contributed by atoms with E-state index in [9.17, 15) is 4.79 Å². The first-order chi connectivity index (χ1) is 6.56. The number of hydrogen-bond acceptors (Lipinski definition) is 3. The number of rotatable bonds is 2. The largest absolute Gasteiger partial charge is 0.326 e. The van der Waals surface area contributed by atoms with Gasteiger partial charge in [-0.3, -0.25) is 4.79 Å². The normalized spacial score (nSPS) is 11.9. The average Bonchev–Trinajstić information content (AvgIpc) is 2.61. The standard InChI is InChI=1S/C9H9BrN2OS/c1-6(4-11)12(2)9(13)7-3-8(10)14-5-7/h3,5-6H,1-2H3. The van der Waals surface area contributed by atoms with Crippen LogP contribution < -0.4 is 0 Å². The highest BCUT2D eigenvalue weighted by Gasteiger charge is 2.17. The number of nitriles is 1. The van der Waals surface area contributed by atoms with Gasteiger partial charge < -0.3 is 4.90 Å². The van der Waals surface area contributed by atoms with Crippen LogP contribution in [0.25, 0.3) is 0 Å². The van der Waals surface area contributed by atoms with E-state index in [1.807, 2.05) is 6.07 Å². The van der Waals surface area contributed by atoms with Crippen LogP contribution in [0.2, 0.25) is 0 Å². The molecule has 0 N–H and O–H groups in total. The highest BCUT2D eigenvalue weighted by Crippen LogP contribution is 2.21. The molecule has 0 bridgehead atoms. The highest BCUT2D eigenvalue weighted by molar-refractivity contribution is 9.11. The van der Waals surface area contributed by atoms with Gasteiger partial charge >= 0.3 is 0 Å². The zero-order valence-corrected chi connectivity index (χ0v) is 10.2. The summed E-state index contributed by atoms with van der Waals surface area (Å²) >= 11 is 4.74. The summed E-state index contributed by atoms with van der Waals surface area (Å²) in [4.78, 5) is 13.1. The lowest BCUT2D eigenvalue weighted by Crippen LogP contribution is -2.33. The first-order valence-corrected chi connectivity index (χ1v) is 5.64. The van der Waals surface area contributed by atoms with Gasteiger partial charge in [0.15, 0.2) is 0 Å². The number of amides is 1. The summed E-state index contributed by atoms with van der Waals surface area (Å²) in [5.41, 5.74) is 0.617. The molecule has 0 aliphatic rings. The minimum absolute atomic E-state index is 0.124. The molecule has 0 aliphatic heterocycles. The van der Waals surface area contributed by atoms with Gasteiger partial charge in [0.25, 0.3) is 5.91 Å². The Morgan fingerprint density at radius 2 is 2.43 bits per heavy atom. The number of carbonyl (C=O) groups is 1. The SMILES string of the molecule is CC(C#N)N(C)C(=O)c1csc(Br)c1. The lowest BCUT2D eigenvalue weighted by molar-refractivity contribution is 0.0773. The van der Waals surface area contributed by atoms with Crippen molar-refractivity contribution in [2.45, 2.75) is 13.0 Å². The molecule has 1 rings (SSSR count). The van der Waals surface area contributed by atoms with Crippen molar-refractivity contribution in [1.29, 1.82) is 5.26 Å². The van der Waals surface area contributed by atoms with Crippen LogP contribution in [0.3, 0.4) is 0 Å². The maximum Gasteiger partial charge on any atom is 0.255 e. The molecule has 1 aromatic rings. The molecule has 0 fully saturated rings. The second kappa shape index (κ2) is 4.58. The van der Waals surface area contributed by atoms with Crippen molar-refractivity contribution in [3.63, 3.8) is 0 Å². The Balaban J connectivity index is 2.81. The zero-order chi connectivity index (χ0) is 10.7. The van der Waals surface area contributed by atoms with Gasteiger partial charge in [-0.1, -0.05) is 0 Å². The van der Waals surface area contributed by atoms with Gasteiger partial charge in [-0.25, -0.2) is 0 Å². The van der Waals surface area contributed by atoms with Crippen molar-refractivity contribution in [3.8, 4) is 6.07 Å². The van der Waals surface area contributed by atoms with Gasteiger partial charge in [0.05, 0.1) is 15.4 Å². The van der Waals surface area contributed by atoms with Crippen LogP contribution >= 0.6 is 27.3 Å². The first-order valence-electron chi connectivity index (χ1n) is 3.97. The van der Waals surface area contributed by atoms with E-state index >= 15 is 0 Å². The van der Waals surface area contributed by atoms with Crippen LogP contribution in [-0.4, -0.2) is 23.9 Å². The molecule has 0 aliphatic carbocycles. The third kappa shape index (κ3) is 2.34. The van der Waals surface area contributed by atoms with E-state index in [1.165, 1.54) is 16.2 Å². The second-order valence-electron chi connectivity index (χ2n) is 2.86. The lowest BCUT2D eigenvalue weighted by Gasteiger charge is -2.18. The first kappa shape index (κ1) is 11.2. The van der Waals surface area contributed by atoms with Gasteiger partial charge in [-0.15, -0.1) is 11.3 Å². The number of nitrogens with zero attached hydrogens (tertiary/aromatic N) is 2. The maximum atomic E-state index is 11.7. The average molecular weight is 273 g/mol. The van der Waals surface area contributed by atoms with Crippen molar-refractivity contribution < 1.29 is 4.79 Å². The molecule has 0 saturated carbocycles. The number of halogens is 1. The number of carbonyl (C=O) groups excluding carboxylic acids is 1. The lowest BCUT2D eigenvalue weighted by atomic mass is 10.2. The third-order valence-corrected chi connectivity index (χ3v) is 3.41. The molecule has 1 unspecified atom stereocenters. The predicted octanol–water partition coefficient (Wildman–Crippen LogP) is 2.49. The molecule has 14 heavy (non-hydrogen) atoms. The van der Waals surface area contributed by atoms with Crippen LogP contribution in [0.5, 0.6) is 0 Å². The van der Waals surface area contributed by atoms with E-state index < -0.39 is 6.04 Å². The van der Waals surface area contributed by atoms with E-state index in [0.29, 0.717) is 5.56 Å². The summed E-state index contributed by atoms with van der Waals surface area (Å²) in [5.74, 6) is -0.124. The van der Waals surface area contributed by atoms with Crippen LogP contribution in [0.1, 0.15) is 17.3 Å². The Bertz CT molecular complexity index is 382. The summed E-state index contributed by atoms with van der Waals surface area (Å²) in [5, 5.41) is 10.4.